The van der Waals surface area contributed by atoms with Crippen LogP contribution in [0.1, 0.15) is 39.0 Å². The van der Waals surface area contributed by atoms with Crippen LogP contribution in [-0.2, 0) is 4.79 Å². The second-order valence-corrected chi connectivity index (χ2v) is 5.75. The number of carbonyl (C=O) groups excluding carboxylic acids is 1. The second-order valence-electron chi connectivity index (χ2n) is 5.75. The van der Waals surface area contributed by atoms with Gasteiger partial charge in [-0.25, -0.2) is 0 Å². The molecule has 3 heteroatoms. The van der Waals surface area contributed by atoms with Gasteiger partial charge in [-0.05, 0) is 45.2 Å². The molecule has 0 radical (unpaired) electrons. The molecule has 0 atom stereocenters. The monoisotopic (exact) mass is 238 g/mol. The summed E-state index contributed by atoms with van der Waals surface area (Å²) in [7, 11) is 2.19. The number of hydrogen-bond donors (Lipinski definition) is 0. The summed E-state index contributed by atoms with van der Waals surface area (Å²) in [6, 6.07) is 0. The van der Waals surface area contributed by atoms with E-state index in [-0.39, 0.29) is 0 Å². The number of nitrogens with zero attached hydrogens (tertiary/aromatic N) is 2. The van der Waals surface area contributed by atoms with Gasteiger partial charge < -0.3 is 9.80 Å². The maximum absolute atomic E-state index is 12.1. The van der Waals surface area contributed by atoms with Crippen LogP contribution in [0, 0.1) is 11.8 Å². The molecule has 1 aliphatic carbocycles. The minimum atomic E-state index is 0.380. The van der Waals surface area contributed by atoms with Gasteiger partial charge >= 0.3 is 0 Å². The van der Waals surface area contributed by atoms with Crippen LogP contribution in [0.3, 0.4) is 0 Å². The summed E-state index contributed by atoms with van der Waals surface area (Å²) in [5.74, 6) is 1.62. The number of rotatable bonds is 4. The average molecular weight is 238 g/mol. The molecule has 3 nitrogen and oxygen atoms in total. The molecule has 17 heavy (non-hydrogen) atoms. The largest absolute Gasteiger partial charge is 0.342 e. The fourth-order valence-electron chi connectivity index (χ4n) is 2.82. The Hall–Kier alpha value is -0.570. The number of hydrogen-bond acceptors (Lipinski definition) is 2. The molecule has 0 aromatic heterocycles. The molecule has 1 saturated heterocycles. The third kappa shape index (κ3) is 3.21. The van der Waals surface area contributed by atoms with Gasteiger partial charge in [-0.1, -0.05) is 13.3 Å². The molecule has 0 bridgehead atoms. The lowest BCUT2D eigenvalue weighted by atomic mass is 9.83. The second kappa shape index (κ2) is 5.85. The van der Waals surface area contributed by atoms with Crippen molar-refractivity contribution in [2.24, 2.45) is 11.8 Å². The predicted octanol–water partition coefficient (Wildman–Crippen LogP) is 1.98. The first kappa shape index (κ1) is 12.9. The molecular formula is C14H26N2O. The van der Waals surface area contributed by atoms with Gasteiger partial charge in [-0.2, -0.15) is 0 Å². The molecule has 1 aliphatic heterocycles. The van der Waals surface area contributed by atoms with Crippen molar-refractivity contribution in [2.45, 2.75) is 39.0 Å². The van der Waals surface area contributed by atoms with Crippen LogP contribution >= 0.6 is 0 Å². The molecule has 98 valence electrons. The van der Waals surface area contributed by atoms with E-state index in [2.05, 4.69) is 23.8 Å². The number of likely N-dealkylation sites (tertiary alicyclic amines) is 1. The van der Waals surface area contributed by atoms with Gasteiger partial charge in [0.15, 0.2) is 0 Å². The summed E-state index contributed by atoms with van der Waals surface area (Å²) >= 11 is 0. The van der Waals surface area contributed by atoms with Crippen molar-refractivity contribution in [1.29, 1.82) is 0 Å². The maximum Gasteiger partial charge on any atom is 0.225 e. The molecule has 0 spiro atoms. The highest BCUT2D eigenvalue weighted by atomic mass is 16.2. The Balaban J connectivity index is 1.71. The zero-order valence-corrected chi connectivity index (χ0v) is 11.3. The van der Waals surface area contributed by atoms with E-state index in [1.165, 1.54) is 25.8 Å². The molecule has 2 fully saturated rings. The minimum absolute atomic E-state index is 0.380. The first-order valence-corrected chi connectivity index (χ1v) is 7.18. The van der Waals surface area contributed by atoms with Crippen LogP contribution in [0.4, 0.5) is 0 Å². The molecule has 0 aromatic carbocycles. The number of carbonyl (C=O) groups is 1. The first-order valence-electron chi connectivity index (χ1n) is 7.18. The van der Waals surface area contributed by atoms with Crippen LogP contribution in [-0.4, -0.2) is 48.9 Å². The predicted molar refractivity (Wildman–Crippen MR) is 69.8 cm³/mol. The summed E-state index contributed by atoms with van der Waals surface area (Å²) in [6.07, 6.45) is 5.93. The highest BCUT2D eigenvalue weighted by molar-refractivity contribution is 5.79. The topological polar surface area (TPSA) is 23.6 Å². The highest BCUT2D eigenvalue weighted by Gasteiger charge is 2.31. The van der Waals surface area contributed by atoms with Gasteiger partial charge in [0.25, 0.3) is 0 Å². The van der Waals surface area contributed by atoms with E-state index in [1.54, 1.807) is 0 Å². The molecule has 1 amide bonds. The molecule has 0 aromatic rings. The Morgan fingerprint density at radius 1 is 1.24 bits per heavy atom. The van der Waals surface area contributed by atoms with Gasteiger partial charge in [0.2, 0.25) is 5.91 Å². The Labute approximate surface area is 105 Å². The van der Waals surface area contributed by atoms with Gasteiger partial charge in [0.05, 0.1) is 0 Å². The normalized spacial score (nSPS) is 22.9. The first-order chi connectivity index (χ1) is 8.20. The highest BCUT2D eigenvalue weighted by Crippen LogP contribution is 2.30. The molecule has 0 N–H and O–H groups in total. The molecule has 0 unspecified atom stereocenters. The summed E-state index contributed by atoms with van der Waals surface area (Å²) in [6.45, 7) is 6.52. The smallest absolute Gasteiger partial charge is 0.225 e. The summed E-state index contributed by atoms with van der Waals surface area (Å²) in [5, 5.41) is 0. The van der Waals surface area contributed by atoms with Crippen LogP contribution in [0.5, 0.6) is 0 Å². The van der Waals surface area contributed by atoms with Crippen LogP contribution < -0.4 is 0 Å². The summed E-state index contributed by atoms with van der Waals surface area (Å²) in [5.41, 5.74) is 0. The van der Waals surface area contributed by atoms with Gasteiger partial charge in [0.1, 0.15) is 0 Å². The zero-order chi connectivity index (χ0) is 12.3. The Morgan fingerprint density at radius 2 is 1.88 bits per heavy atom. The maximum atomic E-state index is 12.1. The fourth-order valence-corrected chi connectivity index (χ4v) is 2.82. The minimum Gasteiger partial charge on any atom is -0.342 e. The Kier molecular flexibility index (Phi) is 4.43. The van der Waals surface area contributed by atoms with Crippen molar-refractivity contribution in [1.82, 2.24) is 9.80 Å². The van der Waals surface area contributed by atoms with E-state index in [9.17, 15) is 4.79 Å². The SMILES string of the molecule is CCN(C)CC1CCN(C(=O)C2CCC2)CC1. The Morgan fingerprint density at radius 3 is 2.35 bits per heavy atom. The van der Waals surface area contributed by atoms with E-state index in [0.717, 1.165) is 38.4 Å². The van der Waals surface area contributed by atoms with E-state index in [1.807, 2.05) is 0 Å². The molecule has 1 saturated carbocycles. The molecule has 2 rings (SSSR count). The molecular weight excluding hydrogens is 212 g/mol. The third-order valence-corrected chi connectivity index (χ3v) is 4.49. The van der Waals surface area contributed by atoms with Crippen molar-refractivity contribution in [3.63, 3.8) is 0 Å². The Bertz CT molecular complexity index is 255. The van der Waals surface area contributed by atoms with Crippen LogP contribution in [0.15, 0.2) is 0 Å². The van der Waals surface area contributed by atoms with E-state index < -0.39 is 0 Å². The van der Waals surface area contributed by atoms with Gasteiger partial charge in [-0.3, -0.25) is 4.79 Å². The quantitative estimate of drug-likeness (QED) is 0.747. The van der Waals surface area contributed by atoms with E-state index in [4.69, 9.17) is 0 Å². The number of amides is 1. The molecule has 1 heterocycles. The summed E-state index contributed by atoms with van der Waals surface area (Å²) < 4.78 is 0. The summed E-state index contributed by atoms with van der Waals surface area (Å²) in [4.78, 5) is 16.6. The zero-order valence-electron chi connectivity index (χ0n) is 11.3. The lowest BCUT2D eigenvalue weighted by Gasteiger charge is -2.37. The van der Waals surface area contributed by atoms with Gasteiger partial charge in [-0.15, -0.1) is 0 Å². The average Bonchev–Trinajstić information content (AvgIpc) is 2.27. The lowest BCUT2D eigenvalue weighted by Crippen LogP contribution is -2.44. The lowest BCUT2D eigenvalue weighted by molar-refractivity contribution is -0.139. The standard InChI is InChI=1S/C14H26N2O/c1-3-15(2)11-12-7-9-16(10-8-12)14(17)13-5-4-6-13/h12-13H,3-11H2,1-2H3. The van der Waals surface area contributed by atoms with Crippen molar-refractivity contribution in [2.75, 3.05) is 33.2 Å². The third-order valence-electron chi connectivity index (χ3n) is 4.49. The van der Waals surface area contributed by atoms with Crippen LogP contribution in [0.2, 0.25) is 0 Å². The van der Waals surface area contributed by atoms with E-state index >= 15 is 0 Å². The van der Waals surface area contributed by atoms with Crippen molar-refractivity contribution in [3.8, 4) is 0 Å². The van der Waals surface area contributed by atoms with Gasteiger partial charge in [0, 0.05) is 25.6 Å². The van der Waals surface area contributed by atoms with E-state index in [0.29, 0.717) is 11.8 Å². The van der Waals surface area contributed by atoms with Crippen molar-refractivity contribution < 1.29 is 4.79 Å². The van der Waals surface area contributed by atoms with Crippen molar-refractivity contribution in [3.05, 3.63) is 0 Å². The molecule has 2 aliphatic rings. The van der Waals surface area contributed by atoms with Crippen LogP contribution in [0.25, 0.3) is 0 Å². The fraction of sp³-hybridized carbons (Fsp3) is 0.929. The number of piperidine rings is 1. The van der Waals surface area contributed by atoms with Crippen molar-refractivity contribution >= 4 is 5.91 Å².